The number of rotatable bonds is 1. The fraction of sp³-hybridized carbons (Fsp3) is 0.400. The van der Waals surface area contributed by atoms with Crippen LogP contribution in [0.15, 0.2) is 36.4 Å². The van der Waals surface area contributed by atoms with Crippen LogP contribution in [-0.2, 0) is 4.79 Å². The van der Waals surface area contributed by atoms with Crippen molar-refractivity contribution < 1.29 is 4.79 Å². The lowest BCUT2D eigenvalue weighted by Crippen LogP contribution is -2.33. The Morgan fingerprint density at radius 2 is 1.81 bits per heavy atom. The van der Waals surface area contributed by atoms with Crippen LogP contribution < -0.4 is 0 Å². The Morgan fingerprint density at radius 1 is 1.19 bits per heavy atom. The van der Waals surface area contributed by atoms with E-state index in [0.717, 1.165) is 6.42 Å². The summed E-state index contributed by atoms with van der Waals surface area (Å²) >= 11 is 0. The van der Waals surface area contributed by atoms with Crippen molar-refractivity contribution in [1.82, 2.24) is 0 Å². The van der Waals surface area contributed by atoms with Crippen LogP contribution in [0.5, 0.6) is 0 Å². The highest BCUT2D eigenvalue weighted by atomic mass is 16.1. The minimum absolute atomic E-state index is 0.155. The van der Waals surface area contributed by atoms with Gasteiger partial charge in [-0.25, -0.2) is 0 Å². The first-order valence-electron chi connectivity index (χ1n) is 5.84. The van der Waals surface area contributed by atoms with E-state index in [9.17, 15) is 4.79 Å². The fourth-order valence-corrected chi connectivity index (χ4v) is 2.50. The molecular formula is C15H18O. The van der Waals surface area contributed by atoms with Crippen LogP contribution in [0.4, 0.5) is 0 Å². The first-order chi connectivity index (χ1) is 7.53. The lowest BCUT2D eigenvalue weighted by Gasteiger charge is -2.33. The molecule has 1 aliphatic rings. The van der Waals surface area contributed by atoms with Crippen LogP contribution in [0, 0.1) is 11.3 Å². The molecule has 1 aliphatic carbocycles. The third kappa shape index (κ3) is 1.71. The average molecular weight is 214 g/mol. The normalized spacial score (nSPS) is 24.1. The molecule has 1 atom stereocenters. The van der Waals surface area contributed by atoms with Crippen LogP contribution in [-0.4, -0.2) is 5.78 Å². The van der Waals surface area contributed by atoms with Gasteiger partial charge in [-0.05, 0) is 31.4 Å². The molecule has 0 aromatic heterocycles. The molecule has 16 heavy (non-hydrogen) atoms. The molecule has 1 heteroatoms. The van der Waals surface area contributed by atoms with Gasteiger partial charge in [0, 0.05) is 11.3 Å². The summed E-state index contributed by atoms with van der Waals surface area (Å²) in [6.45, 7) is 6.08. The predicted molar refractivity (Wildman–Crippen MR) is 67.0 cm³/mol. The quantitative estimate of drug-likeness (QED) is 0.696. The van der Waals surface area contributed by atoms with E-state index in [-0.39, 0.29) is 11.3 Å². The molecule has 0 bridgehead atoms. The zero-order chi connectivity index (χ0) is 11.8. The van der Waals surface area contributed by atoms with E-state index in [4.69, 9.17) is 0 Å². The highest BCUT2D eigenvalue weighted by molar-refractivity contribution is 6.00. The van der Waals surface area contributed by atoms with Gasteiger partial charge >= 0.3 is 0 Å². The van der Waals surface area contributed by atoms with Gasteiger partial charge in [0.15, 0.2) is 0 Å². The van der Waals surface area contributed by atoms with E-state index < -0.39 is 0 Å². The molecule has 2 rings (SSSR count). The van der Waals surface area contributed by atoms with Crippen molar-refractivity contribution >= 4 is 11.4 Å². The number of carbonyl (C=O) groups excluding carboxylic acids is 1. The van der Waals surface area contributed by atoms with E-state index in [1.807, 2.05) is 39.0 Å². The van der Waals surface area contributed by atoms with E-state index in [1.54, 1.807) is 0 Å². The minimum Gasteiger partial charge on any atom is -0.298 e. The molecule has 0 fully saturated rings. The van der Waals surface area contributed by atoms with Crippen molar-refractivity contribution in [3.05, 3.63) is 42.0 Å². The number of carbonyl (C=O) groups is 1. The van der Waals surface area contributed by atoms with Gasteiger partial charge in [-0.1, -0.05) is 43.3 Å². The van der Waals surface area contributed by atoms with Crippen molar-refractivity contribution in [2.75, 3.05) is 0 Å². The first kappa shape index (κ1) is 11.1. The average Bonchev–Trinajstić information content (AvgIpc) is 2.27. The molecule has 84 valence electrons. The maximum Gasteiger partial charge on any atom is 0.145 e. The van der Waals surface area contributed by atoms with Gasteiger partial charge in [-0.3, -0.25) is 4.79 Å². The van der Waals surface area contributed by atoms with Gasteiger partial charge in [0.2, 0.25) is 0 Å². The molecular weight excluding hydrogens is 196 g/mol. The van der Waals surface area contributed by atoms with Gasteiger partial charge in [0.1, 0.15) is 5.78 Å². The second-order valence-corrected chi connectivity index (χ2v) is 5.11. The maximum absolute atomic E-state index is 12.2. The summed E-state index contributed by atoms with van der Waals surface area (Å²) in [4.78, 5) is 12.2. The number of hydrogen-bond donors (Lipinski definition) is 0. The summed E-state index contributed by atoms with van der Waals surface area (Å²) in [5.41, 5.74) is 2.00. The highest BCUT2D eigenvalue weighted by Gasteiger charge is 2.38. The van der Waals surface area contributed by atoms with Crippen molar-refractivity contribution in [3.63, 3.8) is 0 Å². The summed E-state index contributed by atoms with van der Waals surface area (Å²) in [6, 6.07) is 10.2. The van der Waals surface area contributed by atoms with E-state index in [2.05, 4.69) is 18.2 Å². The standard InChI is InChI=1S/C15H18O/c1-11-9-10-13(15(2,3)14(11)16)12-7-5-4-6-8-12/h4-8,10-11H,9H2,1-3H3. The largest absolute Gasteiger partial charge is 0.298 e. The van der Waals surface area contributed by atoms with Crippen LogP contribution in [0.1, 0.15) is 32.8 Å². The molecule has 1 nitrogen and oxygen atoms in total. The third-order valence-corrected chi connectivity index (χ3v) is 3.50. The molecule has 0 amide bonds. The monoisotopic (exact) mass is 214 g/mol. The zero-order valence-electron chi connectivity index (χ0n) is 10.2. The van der Waals surface area contributed by atoms with E-state index in [1.165, 1.54) is 11.1 Å². The Morgan fingerprint density at radius 3 is 2.44 bits per heavy atom. The first-order valence-corrected chi connectivity index (χ1v) is 5.84. The van der Waals surface area contributed by atoms with Crippen LogP contribution in [0.25, 0.3) is 5.57 Å². The van der Waals surface area contributed by atoms with Crippen molar-refractivity contribution in [2.24, 2.45) is 11.3 Å². The Balaban J connectivity index is 2.46. The summed E-state index contributed by atoms with van der Waals surface area (Å²) in [6.07, 6.45) is 3.09. The number of benzene rings is 1. The maximum atomic E-state index is 12.2. The number of hydrogen-bond acceptors (Lipinski definition) is 1. The molecule has 1 aromatic carbocycles. The van der Waals surface area contributed by atoms with Crippen LogP contribution >= 0.6 is 0 Å². The molecule has 0 heterocycles. The van der Waals surface area contributed by atoms with Crippen molar-refractivity contribution in [3.8, 4) is 0 Å². The van der Waals surface area contributed by atoms with Gasteiger partial charge in [-0.2, -0.15) is 0 Å². The molecule has 0 saturated carbocycles. The summed E-state index contributed by atoms with van der Waals surface area (Å²) in [5, 5.41) is 0. The Labute approximate surface area is 97.2 Å². The molecule has 0 radical (unpaired) electrons. The smallest absolute Gasteiger partial charge is 0.145 e. The van der Waals surface area contributed by atoms with Crippen molar-refractivity contribution in [2.45, 2.75) is 27.2 Å². The van der Waals surface area contributed by atoms with Crippen LogP contribution in [0.2, 0.25) is 0 Å². The molecule has 0 spiro atoms. The van der Waals surface area contributed by atoms with Gasteiger partial charge in [0.25, 0.3) is 0 Å². The molecule has 0 aliphatic heterocycles. The second-order valence-electron chi connectivity index (χ2n) is 5.11. The number of allylic oxidation sites excluding steroid dienone is 2. The molecule has 1 unspecified atom stereocenters. The summed E-state index contributed by atoms with van der Waals surface area (Å²) in [5.74, 6) is 0.510. The molecule has 0 N–H and O–H groups in total. The van der Waals surface area contributed by atoms with Gasteiger partial charge < -0.3 is 0 Å². The zero-order valence-corrected chi connectivity index (χ0v) is 10.2. The molecule has 0 saturated heterocycles. The number of Topliss-reactive ketones (excluding diaryl/α,β-unsaturated/α-hetero) is 1. The topological polar surface area (TPSA) is 17.1 Å². The second kappa shape index (κ2) is 3.89. The summed E-state index contributed by atoms with van der Waals surface area (Å²) < 4.78 is 0. The highest BCUT2D eigenvalue weighted by Crippen LogP contribution is 2.41. The van der Waals surface area contributed by atoms with E-state index >= 15 is 0 Å². The predicted octanol–water partition coefficient (Wildman–Crippen LogP) is 3.71. The van der Waals surface area contributed by atoms with Gasteiger partial charge in [-0.15, -0.1) is 0 Å². The fourth-order valence-electron chi connectivity index (χ4n) is 2.50. The van der Waals surface area contributed by atoms with E-state index in [0.29, 0.717) is 5.78 Å². The minimum atomic E-state index is -0.348. The Bertz CT molecular complexity index is 426. The van der Waals surface area contributed by atoms with Gasteiger partial charge in [0.05, 0.1) is 0 Å². The summed E-state index contributed by atoms with van der Waals surface area (Å²) in [7, 11) is 0. The lowest BCUT2D eigenvalue weighted by molar-refractivity contribution is -0.128. The third-order valence-electron chi connectivity index (χ3n) is 3.50. The lowest BCUT2D eigenvalue weighted by atomic mass is 9.68. The molecule has 1 aromatic rings. The Kier molecular flexibility index (Phi) is 2.71. The van der Waals surface area contributed by atoms with Crippen LogP contribution in [0.3, 0.4) is 0 Å². The Hall–Kier alpha value is -1.37. The van der Waals surface area contributed by atoms with Crippen molar-refractivity contribution in [1.29, 1.82) is 0 Å². The number of ketones is 1. The SMILES string of the molecule is CC1CC=C(c2ccccc2)C(C)(C)C1=O.